The first-order chi connectivity index (χ1) is 9.06. The Kier molecular flexibility index (Phi) is 3.61. The number of nitro groups is 1. The van der Waals surface area contributed by atoms with Crippen LogP contribution in [0.25, 0.3) is 0 Å². The van der Waals surface area contributed by atoms with Crippen LogP contribution in [0.1, 0.15) is 5.56 Å². The van der Waals surface area contributed by atoms with E-state index < -0.39 is 10.7 Å². The van der Waals surface area contributed by atoms with Gasteiger partial charge in [0.25, 0.3) is 5.69 Å². The van der Waals surface area contributed by atoms with Crippen LogP contribution in [0.4, 0.5) is 21.5 Å². The van der Waals surface area contributed by atoms with Gasteiger partial charge >= 0.3 is 0 Å². The Hall–Kier alpha value is -2.63. The molecule has 0 saturated carbocycles. The minimum atomic E-state index is -0.551. The van der Waals surface area contributed by atoms with Gasteiger partial charge in [0.05, 0.1) is 4.92 Å². The topological polar surface area (TPSA) is 81.2 Å². The van der Waals surface area contributed by atoms with Crippen molar-refractivity contribution in [3.63, 3.8) is 0 Å². The normalized spacial score (nSPS) is 10.2. The molecule has 3 N–H and O–H groups in total. The van der Waals surface area contributed by atoms with Crippen molar-refractivity contribution in [1.29, 1.82) is 0 Å². The standard InChI is InChI=1S/C13H12FN3O2/c14-10-3-6-13(17(18)19)12(7-10)16-8-9-1-4-11(15)5-2-9/h1-7,16H,8,15H2. The molecule has 2 aromatic carbocycles. The molecule has 0 aromatic heterocycles. The van der Waals surface area contributed by atoms with Gasteiger partial charge in [-0.3, -0.25) is 10.1 Å². The lowest BCUT2D eigenvalue weighted by atomic mass is 10.2. The van der Waals surface area contributed by atoms with Gasteiger partial charge in [-0.25, -0.2) is 4.39 Å². The number of halogens is 1. The number of nitrogens with one attached hydrogen (secondary N) is 1. The maximum atomic E-state index is 13.1. The highest BCUT2D eigenvalue weighted by Crippen LogP contribution is 2.25. The second-order valence-electron chi connectivity index (χ2n) is 4.01. The molecule has 98 valence electrons. The molecule has 0 aliphatic carbocycles. The van der Waals surface area contributed by atoms with E-state index in [-0.39, 0.29) is 11.4 Å². The number of hydrogen-bond acceptors (Lipinski definition) is 4. The molecule has 0 fully saturated rings. The van der Waals surface area contributed by atoms with E-state index in [4.69, 9.17) is 5.73 Å². The number of hydrogen-bond donors (Lipinski definition) is 2. The van der Waals surface area contributed by atoms with Gasteiger partial charge in [-0.2, -0.15) is 0 Å². The lowest BCUT2D eigenvalue weighted by molar-refractivity contribution is -0.384. The van der Waals surface area contributed by atoms with Gasteiger partial charge in [0.15, 0.2) is 0 Å². The predicted octanol–water partition coefficient (Wildman–Crippen LogP) is 2.93. The second kappa shape index (κ2) is 5.34. The van der Waals surface area contributed by atoms with E-state index in [2.05, 4.69) is 5.32 Å². The third-order valence-electron chi connectivity index (χ3n) is 2.62. The van der Waals surface area contributed by atoms with Crippen LogP contribution >= 0.6 is 0 Å². The number of nitrogen functional groups attached to an aromatic ring is 1. The fourth-order valence-corrected chi connectivity index (χ4v) is 1.64. The summed E-state index contributed by atoms with van der Waals surface area (Å²) in [4.78, 5) is 10.3. The smallest absolute Gasteiger partial charge is 0.292 e. The van der Waals surface area contributed by atoms with Crippen LogP contribution in [0.2, 0.25) is 0 Å². The molecular weight excluding hydrogens is 249 g/mol. The molecule has 0 radical (unpaired) electrons. The summed E-state index contributed by atoms with van der Waals surface area (Å²) in [5, 5.41) is 13.7. The zero-order chi connectivity index (χ0) is 13.8. The molecule has 6 heteroatoms. The summed E-state index contributed by atoms with van der Waals surface area (Å²) in [5.74, 6) is -0.523. The summed E-state index contributed by atoms with van der Waals surface area (Å²) in [7, 11) is 0. The van der Waals surface area contributed by atoms with Crippen LogP contribution in [0.5, 0.6) is 0 Å². The van der Waals surface area contributed by atoms with Crippen molar-refractivity contribution in [3.05, 3.63) is 64.0 Å². The number of nitro benzene ring substituents is 1. The van der Waals surface area contributed by atoms with Crippen LogP contribution in [-0.4, -0.2) is 4.92 Å². The van der Waals surface area contributed by atoms with Crippen molar-refractivity contribution in [3.8, 4) is 0 Å². The maximum absolute atomic E-state index is 13.1. The van der Waals surface area contributed by atoms with Crippen molar-refractivity contribution in [2.45, 2.75) is 6.54 Å². The molecule has 0 spiro atoms. The monoisotopic (exact) mass is 261 g/mol. The largest absolute Gasteiger partial charge is 0.399 e. The summed E-state index contributed by atoms with van der Waals surface area (Å²) in [6.07, 6.45) is 0. The summed E-state index contributed by atoms with van der Waals surface area (Å²) in [6, 6.07) is 10.4. The zero-order valence-electron chi connectivity index (χ0n) is 9.97. The van der Waals surface area contributed by atoms with Crippen molar-refractivity contribution >= 4 is 17.1 Å². The molecule has 0 amide bonds. The van der Waals surface area contributed by atoms with Crippen LogP contribution in [0, 0.1) is 15.9 Å². The Morgan fingerprint density at radius 2 is 1.89 bits per heavy atom. The summed E-state index contributed by atoms with van der Waals surface area (Å²) in [5.41, 5.74) is 7.09. The maximum Gasteiger partial charge on any atom is 0.292 e. The van der Waals surface area contributed by atoms with Gasteiger partial charge in [0.1, 0.15) is 11.5 Å². The first-order valence-electron chi connectivity index (χ1n) is 5.58. The third kappa shape index (κ3) is 3.19. The van der Waals surface area contributed by atoms with E-state index in [1.807, 2.05) is 0 Å². The average molecular weight is 261 g/mol. The van der Waals surface area contributed by atoms with Gasteiger partial charge in [-0.1, -0.05) is 12.1 Å². The highest BCUT2D eigenvalue weighted by atomic mass is 19.1. The quantitative estimate of drug-likeness (QED) is 0.503. The summed E-state index contributed by atoms with van der Waals surface area (Å²) >= 11 is 0. The Labute approximate surface area is 109 Å². The van der Waals surface area contributed by atoms with Gasteiger partial charge in [0, 0.05) is 24.4 Å². The number of nitrogens with two attached hydrogens (primary N) is 1. The molecule has 0 aliphatic heterocycles. The molecule has 5 nitrogen and oxygen atoms in total. The molecule has 0 aliphatic rings. The Balaban J connectivity index is 2.16. The number of anilines is 2. The van der Waals surface area contributed by atoms with E-state index in [1.165, 1.54) is 0 Å². The van der Waals surface area contributed by atoms with Crippen molar-refractivity contribution < 1.29 is 9.31 Å². The third-order valence-corrected chi connectivity index (χ3v) is 2.62. The Morgan fingerprint density at radius 1 is 1.21 bits per heavy atom. The number of rotatable bonds is 4. The lowest BCUT2D eigenvalue weighted by Gasteiger charge is -2.07. The van der Waals surface area contributed by atoms with Gasteiger partial charge in [-0.15, -0.1) is 0 Å². The fourth-order valence-electron chi connectivity index (χ4n) is 1.64. The van der Waals surface area contributed by atoms with E-state index in [9.17, 15) is 14.5 Å². The SMILES string of the molecule is Nc1ccc(CNc2cc(F)ccc2[N+](=O)[O-])cc1. The number of benzene rings is 2. The fraction of sp³-hybridized carbons (Fsp3) is 0.0769. The van der Waals surface area contributed by atoms with Crippen molar-refractivity contribution in [2.75, 3.05) is 11.1 Å². The van der Waals surface area contributed by atoms with Gasteiger partial charge in [-0.05, 0) is 23.8 Å². The zero-order valence-corrected chi connectivity index (χ0v) is 9.97. The van der Waals surface area contributed by atoms with E-state index in [0.717, 1.165) is 23.8 Å². The van der Waals surface area contributed by atoms with Crippen LogP contribution in [-0.2, 0) is 6.54 Å². The highest BCUT2D eigenvalue weighted by molar-refractivity contribution is 5.61. The average Bonchev–Trinajstić information content (AvgIpc) is 2.38. The molecule has 2 aromatic rings. The summed E-state index contributed by atoms with van der Waals surface area (Å²) in [6.45, 7) is 0.352. The number of nitrogens with zero attached hydrogens (tertiary/aromatic N) is 1. The van der Waals surface area contributed by atoms with Gasteiger partial charge in [0.2, 0.25) is 0 Å². The Morgan fingerprint density at radius 3 is 2.53 bits per heavy atom. The minimum absolute atomic E-state index is 0.154. The molecule has 0 atom stereocenters. The van der Waals surface area contributed by atoms with Crippen LogP contribution in [0.15, 0.2) is 42.5 Å². The van der Waals surface area contributed by atoms with Crippen LogP contribution in [0.3, 0.4) is 0 Å². The molecular formula is C13H12FN3O2. The van der Waals surface area contributed by atoms with E-state index in [1.54, 1.807) is 24.3 Å². The lowest BCUT2D eigenvalue weighted by Crippen LogP contribution is -2.03. The molecule has 2 rings (SSSR count). The van der Waals surface area contributed by atoms with Crippen molar-refractivity contribution in [2.24, 2.45) is 0 Å². The van der Waals surface area contributed by atoms with E-state index >= 15 is 0 Å². The van der Waals surface area contributed by atoms with E-state index in [0.29, 0.717) is 12.2 Å². The molecule has 0 unspecified atom stereocenters. The van der Waals surface area contributed by atoms with Gasteiger partial charge < -0.3 is 11.1 Å². The minimum Gasteiger partial charge on any atom is -0.399 e. The first kappa shape index (κ1) is 12.8. The molecule has 0 bridgehead atoms. The van der Waals surface area contributed by atoms with Crippen molar-refractivity contribution in [1.82, 2.24) is 0 Å². The first-order valence-corrected chi connectivity index (χ1v) is 5.58. The van der Waals surface area contributed by atoms with Crippen LogP contribution < -0.4 is 11.1 Å². The summed E-state index contributed by atoms with van der Waals surface area (Å²) < 4.78 is 13.1. The molecule has 0 heterocycles. The highest BCUT2D eigenvalue weighted by Gasteiger charge is 2.13. The second-order valence-corrected chi connectivity index (χ2v) is 4.01. The molecule has 19 heavy (non-hydrogen) atoms. The predicted molar refractivity (Wildman–Crippen MR) is 71.2 cm³/mol. The molecule has 0 saturated heterocycles. The Bertz CT molecular complexity index is 599.